The Morgan fingerprint density at radius 3 is 1.19 bits per heavy atom. The van der Waals surface area contributed by atoms with Crippen molar-refractivity contribution < 1.29 is 19.7 Å². The zero-order valence-corrected chi connectivity index (χ0v) is 18.1. The van der Waals surface area contributed by atoms with Crippen molar-refractivity contribution >= 4 is 63.0 Å². The molecule has 0 fully saturated rings. The van der Waals surface area contributed by atoms with Crippen LogP contribution in [0.15, 0.2) is 43.4 Å². The molecule has 0 aliphatic rings. The number of ether oxygens (including phenoxy) is 2. The van der Waals surface area contributed by atoms with Crippen molar-refractivity contribution in [2.75, 3.05) is 14.2 Å². The van der Waals surface area contributed by atoms with Crippen molar-refractivity contribution in [3.63, 3.8) is 0 Å². The summed E-state index contributed by atoms with van der Waals surface area (Å²) in [5, 5.41) is 19.9. The van der Waals surface area contributed by atoms with Crippen LogP contribution in [0.1, 0.15) is 0 Å². The molecule has 0 aliphatic heterocycles. The molecule has 0 radical (unpaired) electrons. The van der Waals surface area contributed by atoms with Crippen LogP contribution in [0.25, 0.3) is 40.3 Å². The molecule has 8 nitrogen and oxygen atoms in total. The Labute approximate surface area is 185 Å². The van der Waals surface area contributed by atoms with Crippen LogP contribution in [0.3, 0.4) is 0 Å². The number of fused-ring (bicyclic) bond motifs is 4. The van der Waals surface area contributed by atoms with E-state index in [0.29, 0.717) is 11.3 Å². The smallest absolute Gasteiger partial charge is 0.209 e. The predicted molar refractivity (Wildman–Crippen MR) is 125 cm³/mol. The highest BCUT2D eigenvalue weighted by Crippen LogP contribution is 2.35. The molecule has 0 atom stereocenters. The summed E-state index contributed by atoms with van der Waals surface area (Å²) >= 11 is 1.41. The minimum atomic E-state index is -0.657. The zero-order chi connectivity index (χ0) is 22.9. The second-order valence-corrected chi connectivity index (χ2v) is 8.95. The van der Waals surface area contributed by atoms with E-state index in [-0.39, 0.29) is 51.8 Å². The van der Waals surface area contributed by atoms with Gasteiger partial charge in [-0.2, -0.15) is 0 Å². The SMILES string of the molecule is COc1ccc(O)c2c(=O)c3sc4c(=O)c5c(O)ccc(OC)c5c(=O)c4sc3c(=O)c12. The van der Waals surface area contributed by atoms with E-state index in [1.165, 1.54) is 38.5 Å². The molecule has 160 valence electrons. The molecule has 0 bridgehead atoms. The Balaban J connectivity index is 2.13. The minimum absolute atomic E-state index is 0.0288. The van der Waals surface area contributed by atoms with Gasteiger partial charge >= 0.3 is 0 Å². The first-order chi connectivity index (χ1) is 15.3. The standard InChI is InChI=1S/C22H12O8S2/c1-29-9-5-3-7(23)11-13(9)17(27)21-19(15(11)25)31-20-16(26)12-8(24)4-6-10(30-2)14(12)18(28)22(20)32-21/h3-6,23-24H,1-2H3. The highest BCUT2D eigenvalue weighted by Gasteiger charge is 2.23. The Morgan fingerprint density at radius 2 is 0.875 bits per heavy atom. The van der Waals surface area contributed by atoms with Crippen LogP contribution in [0, 0.1) is 0 Å². The average molecular weight is 468 g/mol. The van der Waals surface area contributed by atoms with Gasteiger partial charge in [-0.15, -0.1) is 22.7 Å². The minimum Gasteiger partial charge on any atom is -0.507 e. The number of rotatable bonds is 2. The fraction of sp³-hybridized carbons (Fsp3) is 0.0909. The second kappa shape index (κ2) is 6.87. The van der Waals surface area contributed by atoms with E-state index in [0.717, 1.165) is 11.3 Å². The number of benzene rings is 4. The molecule has 10 heteroatoms. The molecule has 32 heavy (non-hydrogen) atoms. The topological polar surface area (TPSA) is 127 Å². The van der Waals surface area contributed by atoms with E-state index in [9.17, 15) is 29.4 Å². The molecule has 0 unspecified atom stereocenters. The van der Waals surface area contributed by atoms with E-state index in [1.54, 1.807) is 0 Å². The van der Waals surface area contributed by atoms with Crippen LogP contribution in [0.5, 0.6) is 23.0 Å². The lowest BCUT2D eigenvalue weighted by molar-refractivity contribution is 0.418. The summed E-state index contributed by atoms with van der Waals surface area (Å²) in [7, 11) is 2.66. The number of phenolic OH excluding ortho intramolecular Hbond substituents is 2. The molecular formula is C22H12O8S2. The summed E-state index contributed by atoms with van der Waals surface area (Å²) in [6.45, 7) is 0. The van der Waals surface area contributed by atoms with E-state index < -0.39 is 33.2 Å². The summed E-state index contributed by atoms with van der Waals surface area (Å²) in [4.78, 5) is 53.0. The van der Waals surface area contributed by atoms with Gasteiger partial charge in [0, 0.05) is 0 Å². The Hall–Kier alpha value is -3.76. The summed E-state index contributed by atoms with van der Waals surface area (Å²) in [6.07, 6.45) is 0. The molecule has 1 aromatic heterocycles. The quantitative estimate of drug-likeness (QED) is 0.379. The number of methoxy groups -OCH3 is 2. The lowest BCUT2D eigenvalue weighted by Crippen LogP contribution is -2.16. The van der Waals surface area contributed by atoms with Gasteiger partial charge in [0.1, 0.15) is 23.0 Å². The van der Waals surface area contributed by atoms with E-state index in [4.69, 9.17) is 9.47 Å². The first-order valence-corrected chi connectivity index (χ1v) is 10.8. The average Bonchev–Trinajstić information content (AvgIpc) is 2.79. The van der Waals surface area contributed by atoms with E-state index in [2.05, 4.69) is 0 Å². The Bertz CT molecular complexity index is 1720. The summed E-state index contributed by atoms with van der Waals surface area (Å²) < 4.78 is 10.2. The van der Waals surface area contributed by atoms with Crippen LogP contribution in [-0.2, 0) is 0 Å². The largest absolute Gasteiger partial charge is 0.507 e. The number of aromatic hydroxyl groups is 2. The van der Waals surface area contributed by atoms with Crippen LogP contribution in [-0.4, -0.2) is 24.4 Å². The Morgan fingerprint density at radius 1 is 0.562 bits per heavy atom. The van der Waals surface area contributed by atoms with Gasteiger partial charge in [0.25, 0.3) is 0 Å². The van der Waals surface area contributed by atoms with Gasteiger partial charge < -0.3 is 19.7 Å². The highest BCUT2D eigenvalue weighted by molar-refractivity contribution is 7.36. The number of phenols is 2. The normalized spacial score (nSPS) is 11.6. The maximum absolute atomic E-state index is 13.3. The number of hydrogen-bond donors (Lipinski definition) is 2. The molecule has 1 heterocycles. The monoisotopic (exact) mass is 468 g/mol. The molecule has 0 aliphatic carbocycles. The molecule has 2 N–H and O–H groups in total. The zero-order valence-electron chi connectivity index (χ0n) is 16.5. The molecule has 4 aromatic carbocycles. The van der Waals surface area contributed by atoms with Gasteiger partial charge in [-0.3, -0.25) is 19.2 Å². The van der Waals surface area contributed by atoms with Crippen LogP contribution in [0.2, 0.25) is 0 Å². The third-order valence-electron chi connectivity index (χ3n) is 5.28. The number of hydrogen-bond acceptors (Lipinski definition) is 10. The van der Waals surface area contributed by atoms with Gasteiger partial charge in [0.05, 0.1) is 54.6 Å². The van der Waals surface area contributed by atoms with Crippen molar-refractivity contribution in [2.24, 2.45) is 0 Å². The first-order valence-electron chi connectivity index (χ1n) is 9.13. The third-order valence-corrected chi connectivity index (χ3v) is 7.92. The fourth-order valence-corrected chi connectivity index (χ4v) is 6.27. The van der Waals surface area contributed by atoms with Crippen LogP contribution < -0.4 is 31.2 Å². The van der Waals surface area contributed by atoms with Gasteiger partial charge in [-0.25, -0.2) is 0 Å². The maximum atomic E-state index is 13.3. The van der Waals surface area contributed by atoms with Gasteiger partial charge in [0.2, 0.25) is 21.7 Å². The molecule has 0 saturated carbocycles. The van der Waals surface area contributed by atoms with Crippen molar-refractivity contribution in [1.29, 1.82) is 0 Å². The molecule has 5 aromatic rings. The maximum Gasteiger partial charge on any atom is 0.209 e. The lowest BCUT2D eigenvalue weighted by Gasteiger charge is -2.09. The molecule has 5 rings (SSSR count). The summed E-state index contributed by atoms with van der Waals surface area (Å²) in [5.41, 5.74) is -2.51. The third kappa shape index (κ3) is 2.47. The second-order valence-electron chi connectivity index (χ2n) is 6.91. The van der Waals surface area contributed by atoms with Gasteiger partial charge in [0.15, 0.2) is 0 Å². The van der Waals surface area contributed by atoms with Crippen LogP contribution in [0.4, 0.5) is 0 Å². The molecule has 0 saturated heterocycles. The molecule has 0 spiro atoms. The predicted octanol–water partition coefficient (Wildman–Crippen LogP) is 2.73. The molecule has 0 amide bonds. The van der Waals surface area contributed by atoms with E-state index in [1.807, 2.05) is 0 Å². The van der Waals surface area contributed by atoms with Gasteiger partial charge in [-0.1, -0.05) is 0 Å². The van der Waals surface area contributed by atoms with Crippen LogP contribution >= 0.6 is 22.7 Å². The lowest BCUT2D eigenvalue weighted by atomic mass is 10.1. The Kier molecular flexibility index (Phi) is 4.33. The summed E-state index contributed by atoms with van der Waals surface area (Å²) in [6, 6.07) is 5.23. The van der Waals surface area contributed by atoms with E-state index >= 15 is 0 Å². The molecular weight excluding hydrogens is 456 g/mol. The highest BCUT2D eigenvalue weighted by atomic mass is 32.1. The first kappa shape index (κ1) is 20.2. The van der Waals surface area contributed by atoms with Crippen molar-refractivity contribution in [1.82, 2.24) is 0 Å². The summed E-state index contributed by atoms with van der Waals surface area (Å²) in [5.74, 6) is -0.572. The fourth-order valence-electron chi connectivity index (χ4n) is 3.84. The van der Waals surface area contributed by atoms with Crippen molar-refractivity contribution in [3.8, 4) is 23.0 Å². The van der Waals surface area contributed by atoms with Crippen molar-refractivity contribution in [2.45, 2.75) is 0 Å². The van der Waals surface area contributed by atoms with Crippen molar-refractivity contribution in [3.05, 3.63) is 65.2 Å². The van der Waals surface area contributed by atoms with Gasteiger partial charge in [-0.05, 0) is 24.3 Å².